The van der Waals surface area contributed by atoms with Crippen molar-refractivity contribution in [3.8, 4) is 0 Å². The Morgan fingerprint density at radius 2 is 1.85 bits per heavy atom. The van der Waals surface area contributed by atoms with Gasteiger partial charge in [-0.15, -0.1) is 0 Å². The first-order chi connectivity index (χ1) is 12.3. The van der Waals surface area contributed by atoms with Gasteiger partial charge in [0.05, 0.1) is 4.91 Å². The van der Waals surface area contributed by atoms with Crippen molar-refractivity contribution in [1.82, 2.24) is 4.90 Å². The van der Waals surface area contributed by atoms with E-state index in [0.717, 1.165) is 22.4 Å². The van der Waals surface area contributed by atoms with Gasteiger partial charge in [-0.2, -0.15) is 0 Å². The van der Waals surface area contributed by atoms with Gasteiger partial charge in [0.15, 0.2) is 0 Å². The van der Waals surface area contributed by atoms with Gasteiger partial charge < -0.3 is 5.32 Å². The lowest BCUT2D eigenvalue weighted by molar-refractivity contribution is -0.121. The average Bonchev–Trinajstić information content (AvgIpc) is 2.85. The standard InChI is InChI=1S/C20H18N2O2S2/c1-12-4-9-16(13(2)10-12)21-18(23)15-7-5-14(6-8-15)11-17-19(24)22(3)20(25)26-17/h4-11H,1-3H3,(H,21,23)/b17-11+. The molecule has 6 heteroatoms. The first-order valence-electron chi connectivity index (χ1n) is 8.05. The number of anilines is 1. The Hall–Kier alpha value is -2.44. The Labute approximate surface area is 162 Å². The zero-order valence-electron chi connectivity index (χ0n) is 14.7. The van der Waals surface area contributed by atoms with E-state index in [1.807, 2.05) is 44.2 Å². The van der Waals surface area contributed by atoms with Crippen LogP contribution < -0.4 is 5.32 Å². The van der Waals surface area contributed by atoms with Crippen LogP contribution in [-0.2, 0) is 4.79 Å². The lowest BCUT2D eigenvalue weighted by Gasteiger charge is -2.09. The van der Waals surface area contributed by atoms with Gasteiger partial charge in [0.1, 0.15) is 4.32 Å². The average molecular weight is 383 g/mol. The molecule has 2 aromatic carbocycles. The molecule has 2 aromatic rings. The molecule has 0 radical (unpaired) electrons. The normalized spacial score (nSPS) is 15.7. The van der Waals surface area contributed by atoms with Crippen LogP contribution in [0.5, 0.6) is 0 Å². The number of hydrogen-bond acceptors (Lipinski definition) is 4. The highest BCUT2D eigenvalue weighted by atomic mass is 32.2. The topological polar surface area (TPSA) is 49.4 Å². The molecule has 0 aromatic heterocycles. The maximum Gasteiger partial charge on any atom is 0.265 e. The number of rotatable bonds is 3. The summed E-state index contributed by atoms with van der Waals surface area (Å²) in [5.74, 6) is -0.264. The second-order valence-corrected chi connectivity index (χ2v) is 7.81. The first-order valence-corrected chi connectivity index (χ1v) is 9.28. The van der Waals surface area contributed by atoms with Crippen molar-refractivity contribution < 1.29 is 9.59 Å². The fourth-order valence-corrected chi connectivity index (χ4v) is 3.76. The molecule has 1 N–H and O–H groups in total. The molecule has 1 aliphatic heterocycles. The van der Waals surface area contributed by atoms with Crippen molar-refractivity contribution >= 4 is 51.9 Å². The molecular formula is C20H18N2O2S2. The van der Waals surface area contributed by atoms with Crippen LogP contribution in [0.15, 0.2) is 47.4 Å². The van der Waals surface area contributed by atoms with E-state index >= 15 is 0 Å². The summed E-state index contributed by atoms with van der Waals surface area (Å²) < 4.78 is 0.547. The van der Waals surface area contributed by atoms with Crippen LogP contribution in [0.2, 0.25) is 0 Å². The maximum absolute atomic E-state index is 12.4. The number of nitrogens with one attached hydrogen (secondary N) is 1. The molecule has 1 fully saturated rings. The fraction of sp³-hybridized carbons (Fsp3) is 0.150. The van der Waals surface area contributed by atoms with E-state index in [-0.39, 0.29) is 11.8 Å². The van der Waals surface area contributed by atoms with Gasteiger partial charge >= 0.3 is 0 Å². The third-order valence-electron chi connectivity index (χ3n) is 4.09. The largest absolute Gasteiger partial charge is 0.322 e. The number of aryl methyl sites for hydroxylation is 2. The van der Waals surface area contributed by atoms with E-state index in [1.165, 1.54) is 16.7 Å². The van der Waals surface area contributed by atoms with Crippen LogP contribution in [0.4, 0.5) is 5.69 Å². The zero-order valence-corrected chi connectivity index (χ0v) is 16.3. The predicted molar refractivity (Wildman–Crippen MR) is 111 cm³/mol. The van der Waals surface area contributed by atoms with Gasteiger partial charge in [-0.3, -0.25) is 14.5 Å². The highest BCUT2D eigenvalue weighted by molar-refractivity contribution is 8.26. The van der Waals surface area contributed by atoms with Crippen LogP contribution in [0.25, 0.3) is 6.08 Å². The Morgan fingerprint density at radius 1 is 1.15 bits per heavy atom. The minimum absolute atomic E-state index is 0.100. The molecule has 0 unspecified atom stereocenters. The summed E-state index contributed by atoms with van der Waals surface area (Å²) in [6.45, 7) is 3.99. The zero-order chi connectivity index (χ0) is 18.8. The second kappa shape index (κ2) is 7.43. The van der Waals surface area contributed by atoms with Gasteiger partial charge in [0, 0.05) is 18.3 Å². The molecule has 4 nitrogen and oxygen atoms in total. The molecule has 132 valence electrons. The van der Waals surface area contributed by atoms with E-state index in [1.54, 1.807) is 25.3 Å². The minimum atomic E-state index is -0.164. The van der Waals surface area contributed by atoms with Gasteiger partial charge in [-0.05, 0) is 49.2 Å². The Kier molecular flexibility index (Phi) is 5.25. The maximum atomic E-state index is 12.4. The van der Waals surface area contributed by atoms with Crippen LogP contribution >= 0.6 is 24.0 Å². The Morgan fingerprint density at radius 3 is 2.42 bits per heavy atom. The fourth-order valence-electron chi connectivity index (χ4n) is 2.58. The summed E-state index contributed by atoms with van der Waals surface area (Å²) in [6, 6.07) is 13.0. The van der Waals surface area contributed by atoms with Crippen molar-refractivity contribution in [2.24, 2.45) is 0 Å². The van der Waals surface area contributed by atoms with Gasteiger partial charge in [0.2, 0.25) is 0 Å². The number of carbonyl (C=O) groups excluding carboxylic acids is 2. The molecule has 0 aliphatic carbocycles. The molecule has 1 heterocycles. The van der Waals surface area contributed by atoms with Crippen molar-refractivity contribution in [1.29, 1.82) is 0 Å². The third kappa shape index (κ3) is 3.86. The molecule has 1 aliphatic rings. The summed E-state index contributed by atoms with van der Waals surface area (Å²) >= 11 is 6.40. The monoisotopic (exact) mass is 382 g/mol. The molecule has 3 rings (SSSR count). The van der Waals surface area contributed by atoms with Gasteiger partial charge in [-0.1, -0.05) is 53.8 Å². The lowest BCUT2D eigenvalue weighted by Crippen LogP contribution is -2.22. The van der Waals surface area contributed by atoms with Gasteiger partial charge in [-0.25, -0.2) is 0 Å². The number of amides is 2. The number of carbonyl (C=O) groups is 2. The molecular weight excluding hydrogens is 364 g/mol. The number of thioether (sulfide) groups is 1. The van der Waals surface area contributed by atoms with Gasteiger partial charge in [0.25, 0.3) is 11.8 Å². The summed E-state index contributed by atoms with van der Waals surface area (Å²) in [7, 11) is 1.67. The summed E-state index contributed by atoms with van der Waals surface area (Å²) in [6.07, 6.45) is 1.79. The molecule has 2 amide bonds. The van der Waals surface area contributed by atoms with Crippen LogP contribution in [-0.4, -0.2) is 28.1 Å². The number of benzene rings is 2. The van der Waals surface area contributed by atoms with Crippen LogP contribution in [0.3, 0.4) is 0 Å². The van der Waals surface area contributed by atoms with Crippen molar-refractivity contribution in [3.05, 3.63) is 69.6 Å². The highest BCUT2D eigenvalue weighted by Gasteiger charge is 2.28. The summed E-state index contributed by atoms with van der Waals surface area (Å²) in [5, 5.41) is 2.93. The van der Waals surface area contributed by atoms with E-state index < -0.39 is 0 Å². The van der Waals surface area contributed by atoms with Crippen molar-refractivity contribution in [2.75, 3.05) is 12.4 Å². The second-order valence-electron chi connectivity index (χ2n) is 6.14. The quantitative estimate of drug-likeness (QED) is 0.632. The Bertz CT molecular complexity index is 933. The van der Waals surface area contributed by atoms with Crippen LogP contribution in [0.1, 0.15) is 27.0 Å². The van der Waals surface area contributed by atoms with Crippen molar-refractivity contribution in [2.45, 2.75) is 13.8 Å². The number of likely N-dealkylation sites (N-methyl/N-ethyl adjacent to an activating group) is 1. The first kappa shape index (κ1) is 18.4. The molecule has 0 bridgehead atoms. The van der Waals surface area contributed by atoms with Crippen molar-refractivity contribution in [3.63, 3.8) is 0 Å². The molecule has 0 atom stereocenters. The van der Waals surface area contributed by atoms with E-state index in [0.29, 0.717) is 14.8 Å². The van der Waals surface area contributed by atoms with E-state index in [9.17, 15) is 9.59 Å². The SMILES string of the molecule is Cc1ccc(NC(=O)c2ccc(/C=C3/SC(=S)N(C)C3=O)cc2)c(C)c1. The summed E-state index contributed by atoms with van der Waals surface area (Å²) in [4.78, 5) is 26.5. The number of hydrogen-bond donors (Lipinski definition) is 1. The molecule has 0 spiro atoms. The molecule has 1 saturated heterocycles. The molecule has 26 heavy (non-hydrogen) atoms. The van der Waals surface area contributed by atoms with E-state index in [4.69, 9.17) is 12.2 Å². The number of thiocarbonyl (C=S) groups is 1. The lowest BCUT2D eigenvalue weighted by atomic mass is 10.1. The molecule has 0 saturated carbocycles. The van der Waals surface area contributed by atoms with Crippen LogP contribution in [0, 0.1) is 13.8 Å². The highest BCUT2D eigenvalue weighted by Crippen LogP contribution is 2.31. The minimum Gasteiger partial charge on any atom is -0.322 e. The smallest absolute Gasteiger partial charge is 0.265 e. The van der Waals surface area contributed by atoms with E-state index in [2.05, 4.69) is 5.32 Å². The number of nitrogens with zero attached hydrogens (tertiary/aromatic N) is 1. The Balaban J connectivity index is 1.74. The third-order valence-corrected chi connectivity index (χ3v) is 5.57. The summed E-state index contributed by atoms with van der Waals surface area (Å²) in [5.41, 5.74) is 4.39. The predicted octanol–water partition coefficient (Wildman–Crippen LogP) is 4.39.